The van der Waals surface area contributed by atoms with Crippen molar-refractivity contribution in [1.29, 1.82) is 0 Å². The molecule has 0 rings (SSSR count). The largest absolute Gasteiger partial charge is 0.391 e. The lowest BCUT2D eigenvalue weighted by atomic mass is 10.3. The maximum Gasteiger partial charge on any atom is 0.0795 e. The minimum atomic E-state index is -0.473. The minimum absolute atomic E-state index is 0.329. The van der Waals surface area contributed by atoms with Gasteiger partial charge in [0, 0.05) is 27.4 Å². The highest BCUT2D eigenvalue weighted by molar-refractivity contribution is 4.54. The van der Waals surface area contributed by atoms with Gasteiger partial charge in [-0.15, -0.1) is 0 Å². The molecule has 0 radical (unpaired) electrons. The number of ether oxygens (including phenoxy) is 3. The third-order valence-electron chi connectivity index (χ3n) is 1.91. The van der Waals surface area contributed by atoms with Crippen LogP contribution in [0.3, 0.4) is 0 Å². The van der Waals surface area contributed by atoms with Crippen molar-refractivity contribution in [2.75, 3.05) is 40.6 Å². The van der Waals surface area contributed by atoms with Crippen LogP contribution in [0.15, 0.2) is 0 Å². The number of aliphatic hydroxyl groups is 2. The van der Waals surface area contributed by atoms with Crippen LogP contribution in [0.4, 0.5) is 0 Å². The van der Waals surface area contributed by atoms with E-state index in [1.807, 2.05) is 0 Å². The summed E-state index contributed by atoms with van der Waals surface area (Å²) in [5, 5.41) is 18.5. The number of rotatable bonds is 10. The Bertz CT molecular complexity index is 117. The van der Waals surface area contributed by atoms with E-state index < -0.39 is 12.2 Å². The van der Waals surface area contributed by atoms with Crippen LogP contribution >= 0.6 is 0 Å². The van der Waals surface area contributed by atoms with Crippen molar-refractivity contribution in [1.82, 2.24) is 0 Å². The molecule has 0 amide bonds. The average Bonchev–Trinajstić information content (AvgIpc) is 2.18. The van der Waals surface area contributed by atoms with Crippen LogP contribution in [0.2, 0.25) is 0 Å². The molecule has 2 unspecified atom stereocenters. The first-order chi connectivity index (χ1) is 7.20. The highest BCUT2D eigenvalue weighted by Crippen LogP contribution is 1.96. The van der Waals surface area contributed by atoms with Crippen LogP contribution < -0.4 is 0 Å². The van der Waals surface area contributed by atoms with Gasteiger partial charge in [-0.25, -0.2) is 0 Å². The second kappa shape index (κ2) is 10.3. The molecule has 0 saturated heterocycles. The molecule has 0 aliphatic heterocycles. The van der Waals surface area contributed by atoms with Crippen LogP contribution in [0.25, 0.3) is 0 Å². The van der Waals surface area contributed by atoms with Crippen molar-refractivity contribution in [2.24, 2.45) is 0 Å². The summed E-state index contributed by atoms with van der Waals surface area (Å²) in [7, 11) is 3.09. The highest BCUT2D eigenvalue weighted by atomic mass is 16.5. The Labute approximate surface area is 91.0 Å². The summed E-state index contributed by atoms with van der Waals surface area (Å²) < 4.78 is 14.8. The third-order valence-corrected chi connectivity index (χ3v) is 1.91. The zero-order chi connectivity index (χ0) is 11.5. The maximum absolute atomic E-state index is 9.27. The molecule has 92 valence electrons. The van der Waals surface area contributed by atoms with Crippen LogP contribution in [0, 0.1) is 0 Å². The van der Waals surface area contributed by atoms with E-state index in [0.717, 1.165) is 0 Å². The Hall–Kier alpha value is -0.200. The second-order valence-corrected chi connectivity index (χ2v) is 3.41. The molecule has 0 aromatic rings. The van der Waals surface area contributed by atoms with Gasteiger partial charge >= 0.3 is 0 Å². The zero-order valence-corrected chi connectivity index (χ0v) is 9.52. The van der Waals surface area contributed by atoms with Crippen LogP contribution in [0.5, 0.6) is 0 Å². The summed E-state index contributed by atoms with van der Waals surface area (Å²) in [4.78, 5) is 0. The molecule has 0 saturated carbocycles. The Morgan fingerprint density at radius 3 is 1.60 bits per heavy atom. The lowest BCUT2D eigenvalue weighted by molar-refractivity contribution is 0.0122. The van der Waals surface area contributed by atoms with E-state index in [1.54, 1.807) is 14.2 Å². The molecule has 0 aromatic heterocycles. The first-order valence-corrected chi connectivity index (χ1v) is 5.12. The summed E-state index contributed by atoms with van der Waals surface area (Å²) in [6.45, 7) is 1.61. The lowest BCUT2D eigenvalue weighted by Crippen LogP contribution is -2.19. The molecule has 0 fully saturated rings. The standard InChI is InChI=1S/C10H22O5/c1-13-7-9(11)3-5-15-6-4-10(12)8-14-2/h9-12H,3-8H2,1-2H3. The summed E-state index contributed by atoms with van der Waals surface area (Å²) in [5.41, 5.74) is 0. The number of methoxy groups -OCH3 is 2. The van der Waals surface area contributed by atoms with Crippen molar-refractivity contribution in [2.45, 2.75) is 25.0 Å². The SMILES string of the molecule is COCC(O)CCOCCC(O)COC. The van der Waals surface area contributed by atoms with Gasteiger partial charge in [0.2, 0.25) is 0 Å². The quantitative estimate of drug-likeness (QED) is 0.501. The van der Waals surface area contributed by atoms with Gasteiger partial charge in [0.25, 0.3) is 0 Å². The van der Waals surface area contributed by atoms with E-state index in [1.165, 1.54) is 0 Å². The Morgan fingerprint density at radius 1 is 0.867 bits per heavy atom. The van der Waals surface area contributed by atoms with Crippen molar-refractivity contribution in [3.8, 4) is 0 Å². The van der Waals surface area contributed by atoms with Gasteiger partial charge in [0.15, 0.2) is 0 Å². The fourth-order valence-electron chi connectivity index (χ4n) is 1.09. The molecule has 2 atom stereocenters. The van der Waals surface area contributed by atoms with Gasteiger partial charge in [-0.1, -0.05) is 0 Å². The van der Waals surface area contributed by atoms with Crippen molar-refractivity contribution in [3.05, 3.63) is 0 Å². The van der Waals surface area contributed by atoms with E-state index in [0.29, 0.717) is 39.3 Å². The minimum Gasteiger partial charge on any atom is -0.391 e. The first-order valence-electron chi connectivity index (χ1n) is 5.12. The molecule has 0 spiro atoms. The molecule has 2 N–H and O–H groups in total. The smallest absolute Gasteiger partial charge is 0.0795 e. The fourth-order valence-corrected chi connectivity index (χ4v) is 1.09. The highest BCUT2D eigenvalue weighted by Gasteiger charge is 2.05. The summed E-state index contributed by atoms with van der Waals surface area (Å²) >= 11 is 0. The van der Waals surface area contributed by atoms with Gasteiger partial charge in [0.05, 0.1) is 25.4 Å². The van der Waals surface area contributed by atoms with E-state index >= 15 is 0 Å². The van der Waals surface area contributed by atoms with Gasteiger partial charge in [0.1, 0.15) is 0 Å². The predicted octanol–water partition coefficient (Wildman–Crippen LogP) is -0.202. The number of hydrogen-bond acceptors (Lipinski definition) is 5. The predicted molar refractivity (Wildman–Crippen MR) is 55.8 cm³/mol. The fraction of sp³-hybridized carbons (Fsp3) is 1.00. The van der Waals surface area contributed by atoms with Gasteiger partial charge < -0.3 is 24.4 Å². The van der Waals surface area contributed by atoms with Crippen LogP contribution in [-0.4, -0.2) is 63.1 Å². The van der Waals surface area contributed by atoms with E-state index in [2.05, 4.69) is 0 Å². The summed E-state index contributed by atoms with van der Waals surface area (Å²) in [6, 6.07) is 0. The number of aliphatic hydroxyl groups excluding tert-OH is 2. The van der Waals surface area contributed by atoms with Crippen molar-refractivity contribution in [3.63, 3.8) is 0 Å². The monoisotopic (exact) mass is 222 g/mol. The van der Waals surface area contributed by atoms with Gasteiger partial charge in [-0.3, -0.25) is 0 Å². The van der Waals surface area contributed by atoms with Crippen molar-refractivity contribution < 1.29 is 24.4 Å². The van der Waals surface area contributed by atoms with E-state index in [4.69, 9.17) is 14.2 Å². The maximum atomic E-state index is 9.27. The number of hydrogen-bond donors (Lipinski definition) is 2. The third kappa shape index (κ3) is 10.1. The molecule has 0 aromatic carbocycles. The van der Waals surface area contributed by atoms with Gasteiger partial charge in [-0.2, -0.15) is 0 Å². The van der Waals surface area contributed by atoms with E-state index in [-0.39, 0.29) is 0 Å². The zero-order valence-electron chi connectivity index (χ0n) is 9.52. The molecule has 5 nitrogen and oxygen atoms in total. The summed E-state index contributed by atoms with van der Waals surface area (Å²) in [6.07, 6.45) is 0.153. The molecule has 0 heterocycles. The Kier molecular flexibility index (Phi) is 10.2. The summed E-state index contributed by atoms with van der Waals surface area (Å²) in [5.74, 6) is 0. The van der Waals surface area contributed by atoms with Crippen LogP contribution in [0.1, 0.15) is 12.8 Å². The Balaban J connectivity index is 3.17. The first kappa shape index (κ1) is 14.8. The molecular weight excluding hydrogens is 200 g/mol. The molecule has 0 aliphatic rings. The molecular formula is C10H22O5. The molecule has 15 heavy (non-hydrogen) atoms. The molecule has 0 aliphatic carbocycles. The normalized spacial score (nSPS) is 15.2. The van der Waals surface area contributed by atoms with Gasteiger partial charge in [-0.05, 0) is 12.8 Å². The molecule has 0 bridgehead atoms. The van der Waals surface area contributed by atoms with E-state index in [9.17, 15) is 10.2 Å². The van der Waals surface area contributed by atoms with Crippen molar-refractivity contribution >= 4 is 0 Å². The topological polar surface area (TPSA) is 68.2 Å². The van der Waals surface area contributed by atoms with Crippen LogP contribution in [-0.2, 0) is 14.2 Å². The molecule has 5 heteroatoms. The average molecular weight is 222 g/mol. The Morgan fingerprint density at radius 2 is 1.27 bits per heavy atom. The second-order valence-electron chi connectivity index (χ2n) is 3.41. The lowest BCUT2D eigenvalue weighted by Gasteiger charge is -2.11.